The van der Waals surface area contributed by atoms with Crippen LogP contribution >= 0.6 is 11.3 Å². The van der Waals surface area contributed by atoms with E-state index in [1.165, 1.54) is 17.4 Å². The zero-order valence-corrected chi connectivity index (χ0v) is 12.9. The highest BCUT2D eigenvalue weighted by molar-refractivity contribution is 7.07. The van der Waals surface area contributed by atoms with Gasteiger partial charge >= 0.3 is 0 Å². The highest BCUT2D eigenvalue weighted by Crippen LogP contribution is 2.25. The van der Waals surface area contributed by atoms with Gasteiger partial charge in [-0.3, -0.25) is 4.79 Å². The molecule has 2 rings (SSSR count). The summed E-state index contributed by atoms with van der Waals surface area (Å²) in [7, 11) is 5.01. The summed E-state index contributed by atoms with van der Waals surface area (Å²) in [5.74, 6) is 1.02. The lowest BCUT2D eigenvalue weighted by atomic mass is 10.1. The van der Waals surface area contributed by atoms with Crippen molar-refractivity contribution in [2.45, 2.75) is 0 Å². The Morgan fingerprint density at radius 3 is 2.76 bits per heavy atom. The number of benzene rings is 1. The fourth-order valence-corrected chi connectivity index (χ4v) is 2.42. The molecule has 1 aromatic carbocycles. The summed E-state index contributed by atoms with van der Waals surface area (Å²) in [6.45, 7) is 0. The summed E-state index contributed by atoms with van der Waals surface area (Å²) >= 11 is 1.41. The molecule has 21 heavy (non-hydrogen) atoms. The van der Waals surface area contributed by atoms with Crippen molar-refractivity contribution < 1.29 is 14.3 Å². The maximum absolute atomic E-state index is 11.8. The maximum atomic E-state index is 11.8. The Morgan fingerprint density at radius 2 is 2.14 bits per heavy atom. The van der Waals surface area contributed by atoms with E-state index in [0.717, 1.165) is 5.56 Å². The van der Waals surface area contributed by atoms with E-state index in [0.29, 0.717) is 16.3 Å². The summed E-state index contributed by atoms with van der Waals surface area (Å²) < 4.78 is 12.2. The van der Waals surface area contributed by atoms with Crippen LogP contribution in [0.25, 0.3) is 6.08 Å². The smallest absolute Gasteiger partial charge is 0.272 e. The number of amides is 1. The molecule has 5 nitrogen and oxygen atoms in total. The van der Waals surface area contributed by atoms with Crippen LogP contribution in [0.15, 0.2) is 40.8 Å². The van der Waals surface area contributed by atoms with Gasteiger partial charge in [-0.15, -0.1) is 11.3 Å². The van der Waals surface area contributed by atoms with Gasteiger partial charge in [0.2, 0.25) is 0 Å². The van der Waals surface area contributed by atoms with E-state index in [9.17, 15) is 4.79 Å². The molecule has 1 heterocycles. The number of ether oxygens (including phenoxy) is 2. The molecule has 0 aliphatic rings. The van der Waals surface area contributed by atoms with Crippen molar-refractivity contribution in [2.24, 2.45) is 12.0 Å². The zero-order chi connectivity index (χ0) is 15.2. The SMILES string of the molecule is COc1ccc(/C=C/C(=O)N=c2sccn2C)c(OC)c1. The first-order chi connectivity index (χ1) is 10.1. The minimum Gasteiger partial charge on any atom is -0.497 e. The molecule has 0 saturated carbocycles. The average molecular weight is 304 g/mol. The first-order valence-electron chi connectivity index (χ1n) is 6.23. The largest absolute Gasteiger partial charge is 0.497 e. The van der Waals surface area contributed by atoms with Gasteiger partial charge in [0.25, 0.3) is 5.91 Å². The Balaban J connectivity index is 2.22. The summed E-state index contributed by atoms with van der Waals surface area (Å²) in [5, 5.41) is 1.88. The van der Waals surface area contributed by atoms with E-state index in [4.69, 9.17) is 9.47 Å². The first-order valence-corrected chi connectivity index (χ1v) is 7.11. The summed E-state index contributed by atoms with van der Waals surface area (Å²) in [5.41, 5.74) is 0.789. The molecule has 110 valence electrons. The number of aromatic nitrogens is 1. The quantitative estimate of drug-likeness (QED) is 0.814. The number of hydrogen-bond acceptors (Lipinski definition) is 4. The average Bonchev–Trinajstić information content (AvgIpc) is 2.90. The number of nitrogens with zero attached hydrogens (tertiary/aromatic N) is 2. The number of aryl methyl sites for hydroxylation is 1. The second-order valence-electron chi connectivity index (χ2n) is 4.19. The molecule has 0 spiro atoms. The third-order valence-electron chi connectivity index (χ3n) is 2.81. The van der Waals surface area contributed by atoms with Crippen LogP contribution in [0.5, 0.6) is 11.5 Å². The van der Waals surface area contributed by atoms with Crippen molar-refractivity contribution in [3.8, 4) is 11.5 Å². The van der Waals surface area contributed by atoms with Crippen molar-refractivity contribution in [3.05, 3.63) is 46.2 Å². The predicted octanol–water partition coefficient (Wildman–Crippen LogP) is 2.24. The number of rotatable bonds is 4. The molecule has 0 N–H and O–H groups in total. The van der Waals surface area contributed by atoms with Crippen LogP contribution in [0, 0.1) is 0 Å². The van der Waals surface area contributed by atoms with Crippen LogP contribution in [0.4, 0.5) is 0 Å². The number of methoxy groups -OCH3 is 2. The van der Waals surface area contributed by atoms with Crippen molar-refractivity contribution in [1.82, 2.24) is 4.57 Å². The molecule has 0 unspecified atom stereocenters. The number of thiazole rings is 1. The first kappa shape index (κ1) is 15.1. The second kappa shape index (κ2) is 6.90. The van der Waals surface area contributed by atoms with Crippen molar-refractivity contribution in [2.75, 3.05) is 14.2 Å². The minimum absolute atomic E-state index is 0.314. The van der Waals surface area contributed by atoms with Gasteiger partial charge in [0.15, 0.2) is 4.80 Å². The number of carbonyl (C=O) groups is 1. The van der Waals surface area contributed by atoms with Gasteiger partial charge in [-0.05, 0) is 18.2 Å². The van der Waals surface area contributed by atoms with Crippen LogP contribution in [0.3, 0.4) is 0 Å². The maximum Gasteiger partial charge on any atom is 0.272 e. The van der Waals surface area contributed by atoms with Gasteiger partial charge in [0, 0.05) is 36.3 Å². The topological polar surface area (TPSA) is 52.8 Å². The molecule has 0 bridgehead atoms. The van der Waals surface area contributed by atoms with Gasteiger partial charge in [0.05, 0.1) is 14.2 Å². The standard InChI is InChI=1S/C15H16N2O3S/c1-17-8-9-21-15(17)16-14(18)7-5-11-4-6-12(19-2)10-13(11)20-3/h4-10H,1-3H3/b7-5+,16-15?. The van der Waals surface area contributed by atoms with E-state index in [2.05, 4.69) is 4.99 Å². The van der Waals surface area contributed by atoms with E-state index in [1.54, 1.807) is 30.9 Å². The highest BCUT2D eigenvalue weighted by atomic mass is 32.1. The zero-order valence-electron chi connectivity index (χ0n) is 12.1. The second-order valence-corrected chi connectivity index (χ2v) is 5.06. The Bertz CT molecular complexity index is 729. The molecular formula is C15H16N2O3S. The molecule has 0 aliphatic carbocycles. The molecule has 2 aromatic rings. The van der Waals surface area contributed by atoms with Crippen LogP contribution < -0.4 is 14.3 Å². The molecule has 0 atom stereocenters. The normalized spacial score (nSPS) is 11.9. The fourth-order valence-electron chi connectivity index (χ4n) is 1.68. The van der Waals surface area contributed by atoms with Gasteiger partial charge in [0.1, 0.15) is 11.5 Å². The molecule has 0 fully saturated rings. The predicted molar refractivity (Wildman–Crippen MR) is 82.4 cm³/mol. The monoisotopic (exact) mass is 304 g/mol. The number of carbonyl (C=O) groups excluding carboxylic acids is 1. The molecule has 1 amide bonds. The lowest BCUT2D eigenvalue weighted by Gasteiger charge is -2.06. The van der Waals surface area contributed by atoms with Crippen LogP contribution in [0.2, 0.25) is 0 Å². The lowest BCUT2D eigenvalue weighted by molar-refractivity contribution is -0.113. The summed E-state index contributed by atoms with van der Waals surface area (Å²) in [6, 6.07) is 5.40. The van der Waals surface area contributed by atoms with E-state index in [-0.39, 0.29) is 5.91 Å². The molecule has 6 heteroatoms. The Labute approximate surface area is 126 Å². The Hall–Kier alpha value is -2.34. The third-order valence-corrected chi connectivity index (χ3v) is 3.66. The van der Waals surface area contributed by atoms with Gasteiger partial charge in [-0.1, -0.05) is 0 Å². The Kier molecular flexibility index (Phi) is 4.94. The van der Waals surface area contributed by atoms with Crippen molar-refractivity contribution in [3.63, 3.8) is 0 Å². The van der Waals surface area contributed by atoms with Crippen LogP contribution in [-0.2, 0) is 11.8 Å². The molecular weight excluding hydrogens is 288 g/mol. The van der Waals surface area contributed by atoms with E-state index < -0.39 is 0 Å². The Morgan fingerprint density at radius 1 is 1.33 bits per heavy atom. The lowest BCUT2D eigenvalue weighted by Crippen LogP contribution is -2.11. The molecule has 1 aromatic heterocycles. The highest BCUT2D eigenvalue weighted by Gasteiger charge is 2.03. The van der Waals surface area contributed by atoms with Crippen LogP contribution in [-0.4, -0.2) is 24.7 Å². The van der Waals surface area contributed by atoms with Gasteiger partial charge in [-0.2, -0.15) is 4.99 Å². The van der Waals surface area contributed by atoms with E-state index in [1.807, 2.05) is 30.8 Å². The summed E-state index contributed by atoms with van der Waals surface area (Å²) in [4.78, 5) is 16.5. The van der Waals surface area contributed by atoms with Gasteiger partial charge in [-0.25, -0.2) is 0 Å². The molecule has 0 aliphatic heterocycles. The van der Waals surface area contributed by atoms with E-state index >= 15 is 0 Å². The molecule has 0 saturated heterocycles. The van der Waals surface area contributed by atoms with Crippen LogP contribution in [0.1, 0.15) is 5.56 Å². The minimum atomic E-state index is -0.314. The summed E-state index contributed by atoms with van der Waals surface area (Å²) in [6.07, 6.45) is 4.95. The fraction of sp³-hybridized carbons (Fsp3) is 0.200. The number of hydrogen-bond donors (Lipinski definition) is 0. The van der Waals surface area contributed by atoms with Crippen molar-refractivity contribution >= 4 is 23.3 Å². The third kappa shape index (κ3) is 3.82. The van der Waals surface area contributed by atoms with Gasteiger partial charge < -0.3 is 14.0 Å². The van der Waals surface area contributed by atoms with Crippen molar-refractivity contribution in [1.29, 1.82) is 0 Å². The molecule has 0 radical (unpaired) electrons.